The van der Waals surface area contributed by atoms with Crippen molar-refractivity contribution in [3.63, 3.8) is 0 Å². The molecular weight excluding hydrogens is 412 g/mol. The number of nitrogens with one attached hydrogen (secondary N) is 1. The van der Waals surface area contributed by atoms with Gasteiger partial charge in [0.1, 0.15) is 6.04 Å². The molecule has 2 aromatic carbocycles. The number of halogens is 1. The van der Waals surface area contributed by atoms with E-state index >= 15 is 0 Å². The van der Waals surface area contributed by atoms with Crippen molar-refractivity contribution in [3.8, 4) is 0 Å². The molecule has 0 bridgehead atoms. The highest BCUT2D eigenvalue weighted by Gasteiger charge is 2.34. The summed E-state index contributed by atoms with van der Waals surface area (Å²) in [4.78, 5) is 28.1. The number of carbonyl (C=O) groups excluding carboxylic acids is 2. The molecule has 136 valence electrons. The van der Waals surface area contributed by atoms with Crippen LogP contribution in [0.2, 0.25) is 0 Å². The van der Waals surface area contributed by atoms with Gasteiger partial charge < -0.3 is 10.2 Å². The maximum atomic E-state index is 12.7. The van der Waals surface area contributed by atoms with Gasteiger partial charge >= 0.3 is 0 Å². The van der Waals surface area contributed by atoms with Gasteiger partial charge in [-0.1, -0.05) is 34.1 Å². The van der Waals surface area contributed by atoms with Crippen LogP contribution in [-0.2, 0) is 4.79 Å². The lowest BCUT2D eigenvalue weighted by Crippen LogP contribution is -2.46. The Balaban J connectivity index is 1.51. The predicted molar refractivity (Wildman–Crippen MR) is 108 cm³/mol. The molecule has 0 spiro atoms. The largest absolute Gasteiger partial charge is 0.353 e. The summed E-state index contributed by atoms with van der Waals surface area (Å²) in [6.45, 7) is 1.22. The molecule has 1 saturated heterocycles. The number of hydrogen-bond acceptors (Lipinski definition) is 3. The van der Waals surface area contributed by atoms with Crippen LogP contribution in [0.3, 0.4) is 0 Å². The van der Waals surface area contributed by atoms with E-state index in [1.165, 1.54) is 4.90 Å². The minimum atomic E-state index is -0.368. The van der Waals surface area contributed by atoms with E-state index < -0.39 is 0 Å². The lowest BCUT2D eigenvalue weighted by molar-refractivity contribution is -0.124. The Kier molecular flexibility index (Phi) is 6.74. The van der Waals surface area contributed by atoms with Crippen LogP contribution in [0.15, 0.2) is 64.0 Å². The highest BCUT2D eigenvalue weighted by molar-refractivity contribution is 9.10. The maximum Gasteiger partial charge on any atom is 0.254 e. The zero-order valence-corrected chi connectivity index (χ0v) is 16.8. The summed E-state index contributed by atoms with van der Waals surface area (Å²) in [7, 11) is 0. The Hall–Kier alpha value is -1.79. The molecule has 2 amide bonds. The molecule has 1 fully saturated rings. The first-order valence-electron chi connectivity index (χ1n) is 8.67. The lowest BCUT2D eigenvalue weighted by Gasteiger charge is -2.24. The molecule has 1 aliphatic heterocycles. The van der Waals surface area contributed by atoms with E-state index in [0.717, 1.165) is 23.1 Å². The highest BCUT2D eigenvalue weighted by atomic mass is 79.9. The molecular formula is C20H21BrN2O2S. The Morgan fingerprint density at radius 2 is 1.85 bits per heavy atom. The number of thioether (sulfide) groups is 1. The molecule has 1 heterocycles. The van der Waals surface area contributed by atoms with Gasteiger partial charge in [0.15, 0.2) is 0 Å². The normalized spacial score (nSPS) is 16.5. The average molecular weight is 433 g/mol. The summed E-state index contributed by atoms with van der Waals surface area (Å²) in [5.41, 5.74) is 0.618. The molecule has 0 aliphatic carbocycles. The van der Waals surface area contributed by atoms with Crippen molar-refractivity contribution in [1.82, 2.24) is 10.2 Å². The van der Waals surface area contributed by atoms with E-state index in [2.05, 4.69) is 33.4 Å². The molecule has 6 heteroatoms. The fraction of sp³-hybridized carbons (Fsp3) is 0.300. The zero-order chi connectivity index (χ0) is 18.4. The van der Waals surface area contributed by atoms with Crippen molar-refractivity contribution < 1.29 is 9.59 Å². The van der Waals surface area contributed by atoms with Crippen LogP contribution in [-0.4, -0.2) is 41.6 Å². The number of rotatable bonds is 6. The zero-order valence-electron chi connectivity index (χ0n) is 14.4. The Morgan fingerprint density at radius 3 is 2.58 bits per heavy atom. The van der Waals surface area contributed by atoms with Gasteiger partial charge in [0.05, 0.1) is 0 Å². The fourth-order valence-corrected chi connectivity index (χ4v) is 4.07. The van der Waals surface area contributed by atoms with Crippen LogP contribution in [0.25, 0.3) is 0 Å². The lowest BCUT2D eigenvalue weighted by atomic mass is 10.1. The molecule has 1 N–H and O–H groups in total. The Bertz CT molecular complexity index is 752. The number of likely N-dealkylation sites (tertiary alicyclic amines) is 1. The number of benzene rings is 2. The first kappa shape index (κ1) is 19.0. The van der Waals surface area contributed by atoms with E-state index in [0.29, 0.717) is 18.7 Å². The molecule has 1 aliphatic rings. The summed E-state index contributed by atoms with van der Waals surface area (Å²) in [6.07, 6.45) is 1.58. The first-order valence-corrected chi connectivity index (χ1v) is 10.4. The minimum Gasteiger partial charge on any atom is -0.353 e. The van der Waals surface area contributed by atoms with Crippen molar-refractivity contribution in [2.45, 2.75) is 23.8 Å². The number of nitrogens with zero attached hydrogens (tertiary/aromatic N) is 1. The van der Waals surface area contributed by atoms with Crippen LogP contribution in [0, 0.1) is 0 Å². The maximum absolute atomic E-state index is 12.7. The van der Waals surface area contributed by atoms with Crippen molar-refractivity contribution >= 4 is 39.5 Å². The third kappa shape index (κ3) is 4.89. The molecule has 2 aromatic rings. The molecule has 4 nitrogen and oxygen atoms in total. The second-order valence-corrected chi connectivity index (χ2v) is 8.20. The summed E-state index contributed by atoms with van der Waals surface area (Å²) >= 11 is 5.08. The van der Waals surface area contributed by atoms with Gasteiger partial charge in [0.2, 0.25) is 5.91 Å². The van der Waals surface area contributed by atoms with E-state index in [1.54, 1.807) is 28.8 Å². The summed E-state index contributed by atoms with van der Waals surface area (Å²) < 4.78 is 0.931. The van der Waals surface area contributed by atoms with Gasteiger partial charge in [0, 0.05) is 33.8 Å². The molecule has 0 aromatic heterocycles. The minimum absolute atomic E-state index is 0.0541. The van der Waals surface area contributed by atoms with E-state index in [-0.39, 0.29) is 17.9 Å². The number of amides is 2. The summed E-state index contributed by atoms with van der Waals surface area (Å²) in [5, 5.41) is 2.98. The van der Waals surface area contributed by atoms with Crippen molar-refractivity contribution in [2.24, 2.45) is 0 Å². The molecule has 1 atom stereocenters. The monoisotopic (exact) mass is 432 g/mol. The van der Waals surface area contributed by atoms with E-state index in [1.807, 2.05) is 30.3 Å². The van der Waals surface area contributed by atoms with Crippen LogP contribution >= 0.6 is 27.7 Å². The van der Waals surface area contributed by atoms with Gasteiger partial charge in [0.25, 0.3) is 5.91 Å². The second-order valence-electron chi connectivity index (χ2n) is 6.12. The van der Waals surface area contributed by atoms with Crippen LogP contribution < -0.4 is 5.32 Å². The van der Waals surface area contributed by atoms with Crippen molar-refractivity contribution in [1.29, 1.82) is 0 Å². The van der Waals surface area contributed by atoms with Crippen molar-refractivity contribution in [3.05, 3.63) is 64.6 Å². The van der Waals surface area contributed by atoms with E-state index in [9.17, 15) is 9.59 Å². The highest BCUT2D eigenvalue weighted by Crippen LogP contribution is 2.21. The molecule has 1 unspecified atom stereocenters. The Morgan fingerprint density at radius 1 is 1.12 bits per heavy atom. The van der Waals surface area contributed by atoms with Crippen LogP contribution in [0.1, 0.15) is 23.2 Å². The predicted octanol–water partition coefficient (Wildman–Crippen LogP) is 3.96. The van der Waals surface area contributed by atoms with E-state index in [4.69, 9.17) is 0 Å². The third-order valence-electron chi connectivity index (χ3n) is 4.32. The standard InChI is InChI=1S/C20H21BrN2O2S/c21-16-10-8-15(9-11-16)20(25)23-13-4-7-18(23)19(24)22-12-14-26-17-5-2-1-3-6-17/h1-3,5-6,8-11,18H,4,7,12-14H2,(H,22,24). The Labute approximate surface area is 166 Å². The second kappa shape index (κ2) is 9.24. The van der Waals surface area contributed by atoms with Gasteiger partial charge in [-0.05, 0) is 49.2 Å². The topological polar surface area (TPSA) is 49.4 Å². The number of carbonyl (C=O) groups is 2. The third-order valence-corrected chi connectivity index (χ3v) is 5.86. The fourth-order valence-electron chi connectivity index (χ4n) is 3.02. The average Bonchev–Trinajstić information content (AvgIpc) is 3.16. The molecule has 0 radical (unpaired) electrons. The van der Waals surface area contributed by atoms with Crippen molar-refractivity contribution in [2.75, 3.05) is 18.8 Å². The molecule has 3 rings (SSSR count). The number of hydrogen-bond donors (Lipinski definition) is 1. The summed E-state index contributed by atoms with van der Waals surface area (Å²) in [5.74, 6) is 0.679. The smallest absolute Gasteiger partial charge is 0.254 e. The van der Waals surface area contributed by atoms with Gasteiger partial charge in [-0.25, -0.2) is 0 Å². The van der Waals surface area contributed by atoms with Crippen LogP contribution in [0.5, 0.6) is 0 Å². The van der Waals surface area contributed by atoms with Gasteiger partial charge in [-0.2, -0.15) is 0 Å². The van der Waals surface area contributed by atoms with Gasteiger partial charge in [-0.3, -0.25) is 9.59 Å². The van der Waals surface area contributed by atoms with Gasteiger partial charge in [-0.15, -0.1) is 11.8 Å². The molecule has 26 heavy (non-hydrogen) atoms. The quantitative estimate of drug-likeness (QED) is 0.554. The SMILES string of the molecule is O=C(NCCSc1ccccc1)C1CCCN1C(=O)c1ccc(Br)cc1. The summed E-state index contributed by atoms with van der Waals surface area (Å²) in [6, 6.07) is 17.0. The van der Waals surface area contributed by atoms with Crippen LogP contribution in [0.4, 0.5) is 0 Å². The molecule has 0 saturated carbocycles. The first-order chi connectivity index (χ1) is 12.6.